The molecule has 2 rings (SSSR count). The highest BCUT2D eigenvalue weighted by Crippen LogP contribution is 2.25. The lowest BCUT2D eigenvalue weighted by Crippen LogP contribution is -2.49. The van der Waals surface area contributed by atoms with Gasteiger partial charge in [-0.1, -0.05) is 32.0 Å². The van der Waals surface area contributed by atoms with Gasteiger partial charge in [0.15, 0.2) is 0 Å². The van der Waals surface area contributed by atoms with Gasteiger partial charge in [0.25, 0.3) is 5.91 Å². The van der Waals surface area contributed by atoms with Crippen LogP contribution in [0.3, 0.4) is 0 Å². The van der Waals surface area contributed by atoms with Crippen LogP contribution in [0.4, 0.5) is 0 Å². The molecule has 102 valence electrons. The van der Waals surface area contributed by atoms with Gasteiger partial charge in [-0.05, 0) is 25.0 Å². The van der Waals surface area contributed by atoms with Crippen LogP contribution in [0.25, 0.3) is 0 Å². The number of amides is 1. The number of ketones is 1. The van der Waals surface area contributed by atoms with Crippen molar-refractivity contribution in [3.63, 3.8) is 0 Å². The predicted octanol–water partition coefficient (Wildman–Crippen LogP) is 1.92. The molecular formula is C15H20N2O2. The van der Waals surface area contributed by atoms with E-state index in [9.17, 15) is 9.59 Å². The molecule has 2 unspecified atom stereocenters. The quantitative estimate of drug-likeness (QED) is 0.816. The van der Waals surface area contributed by atoms with E-state index in [1.54, 1.807) is 12.1 Å². The summed E-state index contributed by atoms with van der Waals surface area (Å²) in [4.78, 5) is 23.6. The van der Waals surface area contributed by atoms with Gasteiger partial charge < -0.3 is 0 Å². The fourth-order valence-corrected chi connectivity index (χ4v) is 2.61. The van der Waals surface area contributed by atoms with Crippen LogP contribution >= 0.6 is 0 Å². The van der Waals surface area contributed by atoms with Crippen molar-refractivity contribution >= 4 is 11.7 Å². The molecule has 19 heavy (non-hydrogen) atoms. The van der Waals surface area contributed by atoms with E-state index < -0.39 is 0 Å². The number of benzene rings is 1. The zero-order valence-corrected chi connectivity index (χ0v) is 11.3. The SMILES string of the molecule is CC1CC(NNC(=O)c2ccccc2)CC(C)C1=O. The second kappa shape index (κ2) is 5.97. The van der Waals surface area contributed by atoms with Crippen molar-refractivity contribution in [2.24, 2.45) is 11.8 Å². The normalized spacial score (nSPS) is 27.1. The minimum atomic E-state index is -0.141. The number of rotatable bonds is 3. The Balaban J connectivity index is 1.86. The molecule has 4 heteroatoms. The molecule has 2 atom stereocenters. The van der Waals surface area contributed by atoms with Crippen LogP contribution in [0.15, 0.2) is 30.3 Å². The van der Waals surface area contributed by atoms with Crippen LogP contribution < -0.4 is 10.9 Å². The molecule has 1 aromatic rings. The monoisotopic (exact) mass is 260 g/mol. The van der Waals surface area contributed by atoms with Gasteiger partial charge in [0.05, 0.1) is 0 Å². The van der Waals surface area contributed by atoms with Gasteiger partial charge in [0.1, 0.15) is 5.78 Å². The molecule has 0 saturated heterocycles. The molecule has 1 aliphatic carbocycles. The highest BCUT2D eigenvalue weighted by atomic mass is 16.2. The fraction of sp³-hybridized carbons (Fsp3) is 0.467. The van der Waals surface area contributed by atoms with Crippen molar-refractivity contribution in [2.45, 2.75) is 32.7 Å². The van der Waals surface area contributed by atoms with Crippen molar-refractivity contribution in [1.29, 1.82) is 0 Å². The summed E-state index contributed by atoms with van der Waals surface area (Å²) in [6.45, 7) is 3.90. The summed E-state index contributed by atoms with van der Waals surface area (Å²) in [5.74, 6) is 0.315. The molecule has 0 aliphatic heterocycles. The largest absolute Gasteiger partial charge is 0.299 e. The Morgan fingerprint density at radius 2 is 1.68 bits per heavy atom. The highest BCUT2D eigenvalue weighted by Gasteiger charge is 2.31. The number of carbonyl (C=O) groups is 2. The third-order valence-corrected chi connectivity index (χ3v) is 3.67. The molecule has 0 heterocycles. The lowest BCUT2D eigenvalue weighted by Gasteiger charge is -2.30. The molecule has 1 fully saturated rings. The number of hydrazine groups is 1. The minimum absolute atomic E-state index is 0.0647. The van der Waals surface area contributed by atoms with E-state index in [0.717, 1.165) is 12.8 Å². The molecule has 1 amide bonds. The molecule has 4 nitrogen and oxygen atoms in total. The third kappa shape index (κ3) is 3.41. The Hall–Kier alpha value is -1.68. The first-order valence-corrected chi connectivity index (χ1v) is 6.72. The van der Waals surface area contributed by atoms with Gasteiger partial charge in [-0.2, -0.15) is 0 Å². The van der Waals surface area contributed by atoms with Crippen LogP contribution in [0.5, 0.6) is 0 Å². The average molecular weight is 260 g/mol. The fourth-order valence-electron chi connectivity index (χ4n) is 2.61. The smallest absolute Gasteiger partial charge is 0.265 e. The maximum Gasteiger partial charge on any atom is 0.265 e. The Labute approximate surface area is 113 Å². The lowest BCUT2D eigenvalue weighted by atomic mass is 9.79. The predicted molar refractivity (Wildman–Crippen MR) is 73.4 cm³/mol. The second-order valence-electron chi connectivity index (χ2n) is 5.34. The Kier molecular flexibility index (Phi) is 4.32. The third-order valence-electron chi connectivity index (χ3n) is 3.67. The van der Waals surface area contributed by atoms with Gasteiger partial charge in [-0.15, -0.1) is 0 Å². The Morgan fingerprint density at radius 3 is 2.26 bits per heavy atom. The van der Waals surface area contributed by atoms with Crippen LogP contribution in [-0.2, 0) is 4.79 Å². The van der Waals surface area contributed by atoms with E-state index in [1.165, 1.54) is 0 Å². The summed E-state index contributed by atoms with van der Waals surface area (Å²) in [7, 11) is 0. The number of hydrogen-bond donors (Lipinski definition) is 2. The van der Waals surface area contributed by atoms with E-state index in [0.29, 0.717) is 11.3 Å². The molecule has 1 saturated carbocycles. The molecular weight excluding hydrogens is 240 g/mol. The zero-order valence-electron chi connectivity index (χ0n) is 11.3. The van der Waals surface area contributed by atoms with E-state index in [1.807, 2.05) is 32.0 Å². The number of Topliss-reactive ketones (excluding diaryl/α,β-unsaturated/α-hetero) is 1. The van der Waals surface area contributed by atoms with Crippen LogP contribution in [0, 0.1) is 11.8 Å². The van der Waals surface area contributed by atoms with Gasteiger partial charge in [0.2, 0.25) is 0 Å². The molecule has 2 N–H and O–H groups in total. The average Bonchev–Trinajstić information content (AvgIpc) is 2.43. The Morgan fingerprint density at radius 1 is 1.11 bits per heavy atom. The standard InChI is InChI=1S/C15H20N2O2/c1-10-8-13(9-11(2)14(10)18)16-17-15(19)12-6-4-3-5-7-12/h3-7,10-11,13,16H,8-9H2,1-2H3,(H,17,19). The maximum absolute atomic E-state index is 11.9. The lowest BCUT2D eigenvalue weighted by molar-refractivity contribution is -0.128. The summed E-state index contributed by atoms with van der Waals surface area (Å²) >= 11 is 0. The topological polar surface area (TPSA) is 58.2 Å². The van der Waals surface area contributed by atoms with Crippen LogP contribution in [0.1, 0.15) is 37.0 Å². The number of hydrogen-bond acceptors (Lipinski definition) is 3. The van der Waals surface area contributed by atoms with Crippen molar-refractivity contribution in [1.82, 2.24) is 10.9 Å². The first-order chi connectivity index (χ1) is 9.08. The van der Waals surface area contributed by atoms with E-state index in [2.05, 4.69) is 10.9 Å². The molecule has 0 aromatic heterocycles. The summed E-state index contributed by atoms with van der Waals surface area (Å²) in [5.41, 5.74) is 6.40. The molecule has 0 radical (unpaired) electrons. The zero-order chi connectivity index (χ0) is 13.8. The molecule has 0 bridgehead atoms. The maximum atomic E-state index is 11.9. The number of nitrogens with one attached hydrogen (secondary N) is 2. The summed E-state index contributed by atoms with van der Waals surface area (Å²) in [6.07, 6.45) is 1.55. The summed E-state index contributed by atoms with van der Waals surface area (Å²) < 4.78 is 0. The van der Waals surface area contributed by atoms with Gasteiger partial charge in [-0.25, -0.2) is 5.43 Å². The highest BCUT2D eigenvalue weighted by molar-refractivity contribution is 5.93. The number of carbonyl (C=O) groups excluding carboxylic acids is 2. The Bertz CT molecular complexity index is 444. The van der Waals surface area contributed by atoms with Crippen LogP contribution in [-0.4, -0.2) is 17.7 Å². The first kappa shape index (κ1) is 13.7. The first-order valence-electron chi connectivity index (χ1n) is 6.72. The minimum Gasteiger partial charge on any atom is -0.299 e. The van der Waals surface area contributed by atoms with Crippen molar-refractivity contribution in [3.8, 4) is 0 Å². The van der Waals surface area contributed by atoms with E-state index in [4.69, 9.17) is 0 Å². The van der Waals surface area contributed by atoms with Crippen molar-refractivity contribution in [2.75, 3.05) is 0 Å². The van der Waals surface area contributed by atoms with Crippen molar-refractivity contribution in [3.05, 3.63) is 35.9 Å². The van der Waals surface area contributed by atoms with E-state index in [-0.39, 0.29) is 23.8 Å². The molecule has 0 spiro atoms. The summed E-state index contributed by atoms with van der Waals surface area (Å²) in [6, 6.07) is 9.24. The van der Waals surface area contributed by atoms with Crippen molar-refractivity contribution < 1.29 is 9.59 Å². The van der Waals surface area contributed by atoms with E-state index >= 15 is 0 Å². The summed E-state index contributed by atoms with van der Waals surface area (Å²) in [5, 5.41) is 0. The molecule has 1 aliphatic rings. The molecule has 1 aromatic carbocycles. The second-order valence-corrected chi connectivity index (χ2v) is 5.34. The van der Waals surface area contributed by atoms with Crippen LogP contribution in [0.2, 0.25) is 0 Å². The van der Waals surface area contributed by atoms with Gasteiger partial charge in [0, 0.05) is 23.4 Å². The van der Waals surface area contributed by atoms with Gasteiger partial charge >= 0.3 is 0 Å². The van der Waals surface area contributed by atoms with Gasteiger partial charge in [-0.3, -0.25) is 15.0 Å².